The van der Waals surface area contributed by atoms with Crippen LogP contribution in [-0.4, -0.2) is 10.9 Å². The molecule has 0 saturated carbocycles. The van der Waals surface area contributed by atoms with Gasteiger partial charge >= 0.3 is 0 Å². The lowest BCUT2D eigenvalue weighted by molar-refractivity contribution is 0.102. The molecule has 1 aromatic carbocycles. The number of amides is 1. The lowest BCUT2D eigenvalue weighted by Gasteiger charge is -2.09. The monoisotopic (exact) mass is 296 g/mol. The number of pyridine rings is 1. The van der Waals surface area contributed by atoms with Gasteiger partial charge in [-0.3, -0.25) is 9.59 Å². The van der Waals surface area contributed by atoms with Crippen LogP contribution in [0.5, 0.6) is 0 Å². The summed E-state index contributed by atoms with van der Waals surface area (Å²) in [6.45, 7) is 1.99. The molecule has 1 aliphatic carbocycles. The van der Waals surface area contributed by atoms with Crippen molar-refractivity contribution in [3.05, 3.63) is 63.1 Å². The molecule has 1 aromatic heterocycles. The van der Waals surface area contributed by atoms with Crippen molar-refractivity contribution >= 4 is 11.6 Å². The minimum atomic E-state index is -0.350. The Hall–Kier alpha value is -2.36. The molecule has 0 spiro atoms. The molecular weight excluding hydrogens is 276 g/mol. The average Bonchev–Trinajstić information content (AvgIpc) is 2.76. The molecule has 0 atom stereocenters. The fraction of sp³-hybridized carbons (Fsp3) is 0.333. The first-order valence-electron chi connectivity index (χ1n) is 7.76. The van der Waals surface area contributed by atoms with Crippen molar-refractivity contribution in [1.82, 2.24) is 4.98 Å². The molecule has 0 unspecified atom stereocenters. The first-order chi connectivity index (χ1) is 10.6. The van der Waals surface area contributed by atoms with Crippen molar-refractivity contribution in [2.75, 3.05) is 5.32 Å². The lowest BCUT2D eigenvalue weighted by atomic mass is 10.1. The number of hydrogen-bond donors (Lipinski definition) is 2. The van der Waals surface area contributed by atoms with Gasteiger partial charge in [0.1, 0.15) is 5.56 Å². The summed E-state index contributed by atoms with van der Waals surface area (Å²) >= 11 is 0. The van der Waals surface area contributed by atoms with Gasteiger partial charge in [-0.15, -0.1) is 0 Å². The van der Waals surface area contributed by atoms with Gasteiger partial charge in [0.2, 0.25) is 0 Å². The summed E-state index contributed by atoms with van der Waals surface area (Å²) in [5.74, 6) is -0.350. The number of aryl methyl sites for hydroxylation is 2. The molecule has 1 amide bonds. The third kappa shape index (κ3) is 2.96. The van der Waals surface area contributed by atoms with E-state index in [1.807, 2.05) is 31.2 Å². The van der Waals surface area contributed by atoms with Crippen LogP contribution in [0.25, 0.3) is 0 Å². The highest BCUT2D eigenvalue weighted by Crippen LogP contribution is 2.17. The Bertz CT molecular complexity index is 745. The van der Waals surface area contributed by atoms with Crippen LogP contribution < -0.4 is 10.7 Å². The third-order valence-corrected chi connectivity index (χ3v) is 4.18. The summed E-state index contributed by atoms with van der Waals surface area (Å²) in [6, 6.07) is 7.53. The smallest absolute Gasteiger partial charge is 0.261 e. The van der Waals surface area contributed by atoms with Crippen LogP contribution in [0, 0.1) is 6.92 Å². The van der Waals surface area contributed by atoms with Gasteiger partial charge in [0.05, 0.1) is 0 Å². The zero-order valence-electron chi connectivity index (χ0n) is 12.7. The van der Waals surface area contributed by atoms with Gasteiger partial charge in [-0.2, -0.15) is 0 Å². The highest BCUT2D eigenvalue weighted by atomic mass is 16.2. The molecule has 3 rings (SSSR count). The predicted molar refractivity (Wildman–Crippen MR) is 87.5 cm³/mol. The number of aromatic amines is 1. The molecule has 114 valence electrons. The van der Waals surface area contributed by atoms with E-state index in [-0.39, 0.29) is 16.9 Å². The standard InChI is InChI=1S/C18H20N2O2/c1-12-7-9-13(10-8-12)20-18(22)15-11-19-16-6-4-2-3-5-14(16)17(15)21/h7-11H,2-6H2,1H3,(H,19,21)(H,20,22). The molecule has 22 heavy (non-hydrogen) atoms. The van der Waals surface area contributed by atoms with Gasteiger partial charge in [-0.05, 0) is 44.7 Å². The van der Waals surface area contributed by atoms with Crippen LogP contribution in [0.1, 0.15) is 46.4 Å². The van der Waals surface area contributed by atoms with Crippen molar-refractivity contribution in [2.45, 2.75) is 39.0 Å². The molecule has 1 heterocycles. The molecular formula is C18H20N2O2. The van der Waals surface area contributed by atoms with E-state index in [0.717, 1.165) is 48.9 Å². The van der Waals surface area contributed by atoms with Crippen LogP contribution in [0.4, 0.5) is 5.69 Å². The van der Waals surface area contributed by atoms with Crippen LogP contribution in [-0.2, 0) is 12.8 Å². The van der Waals surface area contributed by atoms with Gasteiger partial charge in [0, 0.05) is 23.1 Å². The van der Waals surface area contributed by atoms with E-state index in [4.69, 9.17) is 0 Å². The Balaban J connectivity index is 1.88. The SMILES string of the molecule is Cc1ccc(NC(=O)c2c[nH]c3c(c2=O)CCCCC3)cc1. The number of benzene rings is 1. The minimum absolute atomic E-state index is 0.125. The summed E-state index contributed by atoms with van der Waals surface area (Å²) in [7, 11) is 0. The van der Waals surface area contributed by atoms with Crippen molar-refractivity contribution in [3.63, 3.8) is 0 Å². The Morgan fingerprint density at radius 1 is 1.09 bits per heavy atom. The molecule has 0 fully saturated rings. The van der Waals surface area contributed by atoms with Crippen molar-refractivity contribution < 1.29 is 4.79 Å². The Morgan fingerprint density at radius 2 is 1.82 bits per heavy atom. The summed E-state index contributed by atoms with van der Waals surface area (Å²) in [4.78, 5) is 28.1. The minimum Gasteiger partial charge on any atom is -0.364 e. The topological polar surface area (TPSA) is 62.0 Å². The number of carbonyl (C=O) groups is 1. The summed E-state index contributed by atoms with van der Waals surface area (Å²) in [5.41, 5.74) is 3.68. The van der Waals surface area contributed by atoms with Crippen molar-refractivity contribution in [2.24, 2.45) is 0 Å². The molecule has 0 bridgehead atoms. The second-order valence-electron chi connectivity index (χ2n) is 5.87. The van der Waals surface area contributed by atoms with Crippen LogP contribution in [0.2, 0.25) is 0 Å². The zero-order chi connectivity index (χ0) is 15.5. The van der Waals surface area contributed by atoms with E-state index in [2.05, 4.69) is 10.3 Å². The Morgan fingerprint density at radius 3 is 2.59 bits per heavy atom. The van der Waals surface area contributed by atoms with Crippen molar-refractivity contribution in [1.29, 1.82) is 0 Å². The summed E-state index contributed by atoms with van der Waals surface area (Å²) in [6.07, 6.45) is 6.45. The predicted octanol–water partition coefficient (Wildman–Crippen LogP) is 3.20. The van der Waals surface area contributed by atoms with E-state index >= 15 is 0 Å². The number of rotatable bonds is 2. The molecule has 2 aromatic rings. The number of carbonyl (C=O) groups excluding carboxylic acids is 1. The van der Waals surface area contributed by atoms with E-state index in [1.165, 1.54) is 0 Å². The molecule has 4 heteroatoms. The van der Waals surface area contributed by atoms with E-state index in [9.17, 15) is 9.59 Å². The van der Waals surface area contributed by atoms with Crippen LogP contribution in [0.15, 0.2) is 35.3 Å². The van der Waals surface area contributed by atoms with Crippen LogP contribution in [0.3, 0.4) is 0 Å². The van der Waals surface area contributed by atoms with E-state index in [0.29, 0.717) is 5.69 Å². The maximum atomic E-state index is 12.6. The third-order valence-electron chi connectivity index (χ3n) is 4.18. The molecule has 1 aliphatic rings. The molecule has 0 aliphatic heterocycles. The normalized spacial score (nSPS) is 14.0. The number of aromatic nitrogens is 1. The largest absolute Gasteiger partial charge is 0.364 e. The van der Waals surface area contributed by atoms with Gasteiger partial charge in [-0.25, -0.2) is 0 Å². The number of H-pyrrole nitrogens is 1. The van der Waals surface area contributed by atoms with Gasteiger partial charge < -0.3 is 10.3 Å². The summed E-state index contributed by atoms with van der Waals surface area (Å²) < 4.78 is 0. The fourth-order valence-electron chi connectivity index (χ4n) is 2.88. The van der Waals surface area contributed by atoms with Gasteiger partial charge in [0.15, 0.2) is 5.43 Å². The van der Waals surface area contributed by atoms with E-state index < -0.39 is 0 Å². The first-order valence-corrected chi connectivity index (χ1v) is 7.76. The lowest BCUT2D eigenvalue weighted by Crippen LogP contribution is -2.25. The number of anilines is 1. The molecule has 0 radical (unpaired) electrons. The Kier molecular flexibility index (Phi) is 4.09. The van der Waals surface area contributed by atoms with Gasteiger partial charge in [0.25, 0.3) is 5.91 Å². The second-order valence-corrected chi connectivity index (χ2v) is 5.87. The fourth-order valence-corrected chi connectivity index (χ4v) is 2.88. The van der Waals surface area contributed by atoms with E-state index in [1.54, 1.807) is 6.20 Å². The molecule has 0 saturated heterocycles. The average molecular weight is 296 g/mol. The highest BCUT2D eigenvalue weighted by molar-refractivity contribution is 6.04. The first kappa shape index (κ1) is 14.6. The molecule has 2 N–H and O–H groups in total. The number of fused-ring (bicyclic) bond motifs is 1. The summed E-state index contributed by atoms with van der Waals surface area (Å²) in [5, 5.41) is 2.79. The zero-order valence-corrected chi connectivity index (χ0v) is 12.7. The number of nitrogens with one attached hydrogen (secondary N) is 2. The quantitative estimate of drug-likeness (QED) is 0.836. The Labute approximate surface area is 129 Å². The van der Waals surface area contributed by atoms with Gasteiger partial charge in [-0.1, -0.05) is 24.1 Å². The van der Waals surface area contributed by atoms with Crippen LogP contribution >= 0.6 is 0 Å². The molecule has 4 nitrogen and oxygen atoms in total. The highest BCUT2D eigenvalue weighted by Gasteiger charge is 2.18. The second kappa shape index (κ2) is 6.18. The van der Waals surface area contributed by atoms with Crippen molar-refractivity contribution in [3.8, 4) is 0 Å². The maximum absolute atomic E-state index is 12.6. The maximum Gasteiger partial charge on any atom is 0.261 e. The number of hydrogen-bond acceptors (Lipinski definition) is 2.